The molecule has 0 bridgehead atoms. The Balaban J connectivity index is 2.67. The predicted molar refractivity (Wildman–Crippen MR) is 75.9 cm³/mol. The molecule has 1 heterocycles. The summed E-state index contributed by atoms with van der Waals surface area (Å²) in [7, 11) is -1.73. The van der Waals surface area contributed by atoms with Crippen molar-refractivity contribution in [3.63, 3.8) is 0 Å². The standard InChI is InChI=1S/C13H14N2O5S/c1-9-11(12(16)15(3)13(17)14(9)2)21(18,19)20-10-7-5-4-6-8-10/h4-8H,1-3H3. The Bertz CT molecular complexity index is 895. The topological polar surface area (TPSA) is 87.4 Å². The van der Waals surface area contributed by atoms with Crippen LogP contribution in [0, 0.1) is 6.92 Å². The lowest BCUT2D eigenvalue weighted by Crippen LogP contribution is -2.41. The van der Waals surface area contributed by atoms with Gasteiger partial charge in [-0.1, -0.05) is 18.2 Å². The van der Waals surface area contributed by atoms with Gasteiger partial charge in [0.05, 0.1) is 0 Å². The first-order chi connectivity index (χ1) is 9.75. The zero-order valence-corrected chi connectivity index (χ0v) is 12.5. The SMILES string of the molecule is Cc1c(S(=O)(=O)Oc2ccccc2)c(=O)n(C)c(=O)n1C. The summed E-state index contributed by atoms with van der Waals surface area (Å²) in [6, 6.07) is 7.84. The van der Waals surface area contributed by atoms with Crippen LogP contribution in [0.3, 0.4) is 0 Å². The molecule has 112 valence electrons. The Morgan fingerprint density at radius 3 is 2.14 bits per heavy atom. The van der Waals surface area contributed by atoms with E-state index in [1.807, 2.05) is 0 Å². The highest BCUT2D eigenvalue weighted by molar-refractivity contribution is 7.87. The average Bonchev–Trinajstić information content (AvgIpc) is 2.43. The Labute approximate surface area is 121 Å². The molecule has 1 aromatic carbocycles. The van der Waals surface area contributed by atoms with Gasteiger partial charge in [-0.15, -0.1) is 0 Å². The van der Waals surface area contributed by atoms with Crippen LogP contribution in [-0.2, 0) is 24.2 Å². The maximum Gasteiger partial charge on any atom is 0.346 e. The third-order valence-corrected chi connectivity index (χ3v) is 4.49. The van der Waals surface area contributed by atoms with E-state index in [-0.39, 0.29) is 11.4 Å². The van der Waals surface area contributed by atoms with Crippen LogP contribution in [0.5, 0.6) is 5.75 Å². The molecule has 0 aliphatic rings. The van der Waals surface area contributed by atoms with Crippen LogP contribution in [-0.4, -0.2) is 17.6 Å². The number of aromatic nitrogens is 2. The molecule has 2 rings (SSSR count). The van der Waals surface area contributed by atoms with Crippen molar-refractivity contribution in [2.45, 2.75) is 11.8 Å². The molecule has 0 N–H and O–H groups in total. The van der Waals surface area contributed by atoms with Crippen molar-refractivity contribution in [2.24, 2.45) is 14.1 Å². The van der Waals surface area contributed by atoms with Gasteiger partial charge in [-0.25, -0.2) is 4.79 Å². The van der Waals surface area contributed by atoms with E-state index in [4.69, 9.17) is 4.18 Å². The summed E-state index contributed by atoms with van der Waals surface area (Å²) in [5.41, 5.74) is -1.48. The van der Waals surface area contributed by atoms with Crippen molar-refractivity contribution in [1.29, 1.82) is 0 Å². The Morgan fingerprint density at radius 1 is 1.00 bits per heavy atom. The van der Waals surface area contributed by atoms with Crippen molar-refractivity contribution in [2.75, 3.05) is 0 Å². The van der Waals surface area contributed by atoms with E-state index in [1.54, 1.807) is 18.2 Å². The first-order valence-electron chi connectivity index (χ1n) is 6.02. The molecule has 0 spiro atoms. The van der Waals surface area contributed by atoms with Gasteiger partial charge in [0.2, 0.25) is 0 Å². The molecule has 0 amide bonds. The zero-order valence-electron chi connectivity index (χ0n) is 11.7. The highest BCUT2D eigenvalue weighted by atomic mass is 32.2. The zero-order chi connectivity index (χ0) is 15.8. The molecule has 1 aromatic heterocycles. The van der Waals surface area contributed by atoms with E-state index >= 15 is 0 Å². The second-order valence-electron chi connectivity index (χ2n) is 4.47. The molecule has 0 saturated carbocycles. The molecule has 8 heteroatoms. The normalized spacial score (nSPS) is 11.4. The van der Waals surface area contributed by atoms with E-state index in [9.17, 15) is 18.0 Å². The van der Waals surface area contributed by atoms with Gasteiger partial charge in [0.1, 0.15) is 5.75 Å². The molecule has 0 aliphatic heterocycles. The highest BCUT2D eigenvalue weighted by Crippen LogP contribution is 2.17. The maximum atomic E-state index is 12.3. The maximum absolute atomic E-state index is 12.3. The molecule has 0 unspecified atom stereocenters. The molecule has 0 atom stereocenters. The fourth-order valence-corrected chi connectivity index (χ4v) is 3.14. The van der Waals surface area contributed by atoms with Gasteiger partial charge in [0.15, 0.2) is 4.90 Å². The lowest BCUT2D eigenvalue weighted by Gasteiger charge is -2.12. The van der Waals surface area contributed by atoms with E-state index in [0.29, 0.717) is 0 Å². The Hall–Kier alpha value is -2.35. The predicted octanol–water partition coefficient (Wildman–Crippen LogP) is 0.160. The number of rotatable bonds is 3. The molecular weight excluding hydrogens is 296 g/mol. The summed E-state index contributed by atoms with van der Waals surface area (Å²) < 4.78 is 31.4. The van der Waals surface area contributed by atoms with Gasteiger partial charge in [0.25, 0.3) is 5.56 Å². The first-order valence-corrected chi connectivity index (χ1v) is 7.42. The van der Waals surface area contributed by atoms with Crippen LogP contribution in [0.15, 0.2) is 44.8 Å². The number of para-hydroxylation sites is 1. The lowest BCUT2D eigenvalue weighted by atomic mass is 10.3. The fraction of sp³-hybridized carbons (Fsp3) is 0.231. The molecule has 0 fully saturated rings. The first kappa shape index (κ1) is 15.0. The van der Waals surface area contributed by atoms with E-state index in [2.05, 4.69) is 0 Å². The molecule has 0 saturated heterocycles. The van der Waals surface area contributed by atoms with Crippen molar-refractivity contribution in [3.05, 3.63) is 56.9 Å². The summed E-state index contributed by atoms with van der Waals surface area (Å²) in [5, 5.41) is 0. The van der Waals surface area contributed by atoms with Crippen LogP contribution in [0.25, 0.3) is 0 Å². The quantitative estimate of drug-likeness (QED) is 0.754. The smallest absolute Gasteiger partial charge is 0.346 e. The summed E-state index contributed by atoms with van der Waals surface area (Å²) in [6.45, 7) is 1.38. The number of hydrogen-bond donors (Lipinski definition) is 0. The van der Waals surface area contributed by atoms with Gasteiger partial charge in [-0.05, 0) is 19.1 Å². The summed E-state index contributed by atoms with van der Waals surface area (Å²) in [6.07, 6.45) is 0. The molecule has 0 aliphatic carbocycles. The van der Waals surface area contributed by atoms with Gasteiger partial charge >= 0.3 is 15.8 Å². The van der Waals surface area contributed by atoms with Crippen LogP contribution in [0.4, 0.5) is 0 Å². The minimum Gasteiger partial charge on any atom is -0.379 e. The van der Waals surface area contributed by atoms with Crippen molar-refractivity contribution < 1.29 is 12.6 Å². The summed E-state index contributed by atoms with van der Waals surface area (Å²) >= 11 is 0. The molecule has 0 radical (unpaired) electrons. The van der Waals surface area contributed by atoms with E-state index < -0.39 is 26.3 Å². The summed E-state index contributed by atoms with van der Waals surface area (Å²) in [4.78, 5) is 23.3. The van der Waals surface area contributed by atoms with Crippen LogP contribution < -0.4 is 15.4 Å². The Kier molecular flexibility index (Phi) is 3.73. The molecule has 21 heavy (non-hydrogen) atoms. The third-order valence-electron chi connectivity index (χ3n) is 3.10. The minimum absolute atomic E-state index is 0.0269. The Morgan fingerprint density at radius 2 is 1.57 bits per heavy atom. The van der Waals surface area contributed by atoms with Crippen molar-refractivity contribution in [1.82, 2.24) is 9.13 Å². The van der Waals surface area contributed by atoms with Crippen LogP contribution in [0.2, 0.25) is 0 Å². The van der Waals surface area contributed by atoms with Crippen LogP contribution >= 0.6 is 0 Å². The van der Waals surface area contributed by atoms with Gasteiger partial charge in [0, 0.05) is 19.8 Å². The van der Waals surface area contributed by atoms with Gasteiger partial charge in [-0.3, -0.25) is 13.9 Å². The number of nitrogens with zero attached hydrogens (tertiary/aromatic N) is 2. The monoisotopic (exact) mass is 310 g/mol. The average molecular weight is 310 g/mol. The molecule has 7 nitrogen and oxygen atoms in total. The number of benzene rings is 1. The highest BCUT2D eigenvalue weighted by Gasteiger charge is 2.27. The minimum atomic E-state index is -4.33. The second kappa shape index (κ2) is 5.21. The van der Waals surface area contributed by atoms with E-state index in [1.165, 1.54) is 33.2 Å². The van der Waals surface area contributed by atoms with Crippen LogP contribution in [0.1, 0.15) is 5.69 Å². The summed E-state index contributed by atoms with van der Waals surface area (Å²) in [5.74, 6) is 0.0906. The fourth-order valence-electron chi connectivity index (χ4n) is 1.85. The van der Waals surface area contributed by atoms with Gasteiger partial charge in [-0.2, -0.15) is 8.42 Å². The molecular formula is C13H14N2O5S. The second-order valence-corrected chi connectivity index (χ2v) is 5.95. The van der Waals surface area contributed by atoms with Crippen molar-refractivity contribution >= 4 is 10.1 Å². The third kappa shape index (κ3) is 2.62. The van der Waals surface area contributed by atoms with Crippen molar-refractivity contribution in [3.8, 4) is 5.75 Å². The largest absolute Gasteiger partial charge is 0.379 e. The lowest BCUT2D eigenvalue weighted by molar-refractivity contribution is 0.478. The number of hydrogen-bond acceptors (Lipinski definition) is 5. The van der Waals surface area contributed by atoms with Gasteiger partial charge < -0.3 is 4.18 Å². The molecule has 2 aromatic rings. The van der Waals surface area contributed by atoms with E-state index in [0.717, 1.165) is 9.13 Å².